The lowest BCUT2D eigenvalue weighted by Gasteiger charge is -2.21. The molecule has 29 heavy (non-hydrogen) atoms. The standard InChI is InChI=1S/C17H30N6O6/c18-6-2-1-4-11(17(28)29)23-16(27)12(8-13(19)24)22-14(25)9-21-15(26)10-5-3-7-20-10/h10-12,20H,1-9,18H2,(H2,19,24)(H,21,26)(H,22,25)(H,23,27)(H,28,29). The summed E-state index contributed by atoms with van der Waals surface area (Å²) >= 11 is 0. The number of rotatable bonds is 13. The van der Waals surface area contributed by atoms with Gasteiger partial charge in [0.15, 0.2) is 0 Å². The maximum absolute atomic E-state index is 12.4. The predicted molar refractivity (Wildman–Crippen MR) is 102 cm³/mol. The number of carboxylic acid groups (broad SMARTS) is 1. The van der Waals surface area contributed by atoms with E-state index in [9.17, 15) is 29.1 Å². The Bertz CT molecular complexity index is 607. The molecule has 0 bridgehead atoms. The molecule has 3 unspecified atom stereocenters. The first-order chi connectivity index (χ1) is 13.7. The summed E-state index contributed by atoms with van der Waals surface area (Å²) in [5, 5.41) is 19.3. The number of hydrogen-bond donors (Lipinski definition) is 7. The molecule has 0 aromatic heterocycles. The Kier molecular flexibility index (Phi) is 10.6. The molecule has 1 saturated heterocycles. The maximum atomic E-state index is 12.4. The lowest BCUT2D eigenvalue weighted by molar-refractivity contribution is -0.142. The van der Waals surface area contributed by atoms with Gasteiger partial charge < -0.3 is 37.8 Å². The monoisotopic (exact) mass is 414 g/mol. The molecule has 12 heteroatoms. The fourth-order valence-corrected chi connectivity index (χ4v) is 2.88. The summed E-state index contributed by atoms with van der Waals surface area (Å²) in [6.45, 7) is 0.725. The summed E-state index contributed by atoms with van der Waals surface area (Å²) in [6, 6.07) is -2.90. The second-order valence-electron chi connectivity index (χ2n) is 6.84. The van der Waals surface area contributed by atoms with Gasteiger partial charge in [-0.15, -0.1) is 0 Å². The van der Waals surface area contributed by atoms with E-state index in [0.29, 0.717) is 25.8 Å². The molecule has 0 radical (unpaired) electrons. The van der Waals surface area contributed by atoms with E-state index in [4.69, 9.17) is 11.5 Å². The van der Waals surface area contributed by atoms with Gasteiger partial charge in [0.25, 0.3) is 0 Å². The lowest BCUT2D eigenvalue weighted by Crippen LogP contribution is -2.54. The van der Waals surface area contributed by atoms with Gasteiger partial charge in [0.05, 0.1) is 19.0 Å². The van der Waals surface area contributed by atoms with E-state index < -0.39 is 48.7 Å². The van der Waals surface area contributed by atoms with E-state index in [-0.39, 0.29) is 18.4 Å². The highest BCUT2D eigenvalue weighted by Crippen LogP contribution is 2.04. The Hall–Kier alpha value is -2.73. The van der Waals surface area contributed by atoms with E-state index in [1.807, 2.05) is 0 Å². The molecule has 1 aliphatic rings. The molecule has 3 atom stereocenters. The van der Waals surface area contributed by atoms with Gasteiger partial charge in [-0.3, -0.25) is 19.2 Å². The normalized spacial score (nSPS) is 17.8. The minimum Gasteiger partial charge on any atom is -0.480 e. The van der Waals surface area contributed by atoms with Crippen molar-refractivity contribution < 1.29 is 29.1 Å². The average Bonchev–Trinajstić information content (AvgIpc) is 3.19. The van der Waals surface area contributed by atoms with Gasteiger partial charge in [-0.1, -0.05) is 0 Å². The van der Waals surface area contributed by atoms with Crippen LogP contribution in [0.1, 0.15) is 38.5 Å². The van der Waals surface area contributed by atoms with Crippen molar-refractivity contribution >= 4 is 29.6 Å². The molecular formula is C17H30N6O6. The molecule has 1 aliphatic heterocycles. The van der Waals surface area contributed by atoms with Gasteiger partial charge >= 0.3 is 5.97 Å². The Morgan fingerprint density at radius 1 is 1.10 bits per heavy atom. The summed E-state index contributed by atoms with van der Waals surface area (Å²) in [7, 11) is 0. The highest BCUT2D eigenvalue weighted by atomic mass is 16.4. The molecule has 0 aliphatic carbocycles. The molecule has 0 spiro atoms. The summed E-state index contributed by atoms with van der Waals surface area (Å²) in [5.41, 5.74) is 10.5. The topological polar surface area (TPSA) is 206 Å². The lowest BCUT2D eigenvalue weighted by atomic mass is 10.1. The van der Waals surface area contributed by atoms with Crippen molar-refractivity contribution in [2.45, 2.75) is 56.7 Å². The van der Waals surface area contributed by atoms with E-state index in [0.717, 1.165) is 13.0 Å². The first-order valence-corrected chi connectivity index (χ1v) is 9.56. The first kappa shape index (κ1) is 24.3. The van der Waals surface area contributed by atoms with Crippen LogP contribution in [-0.4, -0.2) is 72.5 Å². The van der Waals surface area contributed by atoms with E-state index in [1.165, 1.54) is 0 Å². The molecular weight excluding hydrogens is 384 g/mol. The first-order valence-electron chi connectivity index (χ1n) is 9.56. The van der Waals surface area contributed by atoms with Crippen molar-refractivity contribution in [3.05, 3.63) is 0 Å². The number of carbonyl (C=O) groups is 5. The third-order valence-electron chi connectivity index (χ3n) is 4.42. The summed E-state index contributed by atoms with van der Waals surface area (Å²) in [5.74, 6) is -3.97. The summed E-state index contributed by atoms with van der Waals surface area (Å²) in [4.78, 5) is 59.0. The molecule has 0 saturated carbocycles. The number of amides is 4. The molecule has 0 aromatic rings. The van der Waals surface area contributed by atoms with Crippen LogP contribution in [0, 0.1) is 0 Å². The van der Waals surface area contributed by atoms with Crippen LogP contribution in [-0.2, 0) is 24.0 Å². The Balaban J connectivity index is 2.60. The van der Waals surface area contributed by atoms with Gasteiger partial charge in [0.1, 0.15) is 12.1 Å². The predicted octanol–water partition coefficient (Wildman–Crippen LogP) is -3.09. The molecule has 1 rings (SSSR count). The minimum atomic E-state index is -1.35. The van der Waals surface area contributed by atoms with Crippen LogP contribution in [0.3, 0.4) is 0 Å². The molecule has 1 heterocycles. The van der Waals surface area contributed by atoms with Crippen LogP contribution in [0.4, 0.5) is 0 Å². The number of aliphatic carboxylic acids is 1. The number of carbonyl (C=O) groups excluding carboxylic acids is 4. The second kappa shape index (κ2) is 12.7. The SMILES string of the molecule is NCCCCC(NC(=O)C(CC(N)=O)NC(=O)CNC(=O)C1CCCN1)C(=O)O. The zero-order chi connectivity index (χ0) is 21.8. The second-order valence-corrected chi connectivity index (χ2v) is 6.84. The molecule has 4 amide bonds. The summed E-state index contributed by atoms with van der Waals surface area (Å²) in [6.07, 6.45) is 2.26. The van der Waals surface area contributed by atoms with Gasteiger partial charge in [-0.25, -0.2) is 4.79 Å². The van der Waals surface area contributed by atoms with Crippen LogP contribution in [0.15, 0.2) is 0 Å². The minimum absolute atomic E-state index is 0.153. The number of primary amides is 1. The smallest absolute Gasteiger partial charge is 0.326 e. The number of hydrogen-bond acceptors (Lipinski definition) is 7. The molecule has 12 nitrogen and oxygen atoms in total. The van der Waals surface area contributed by atoms with Gasteiger partial charge in [0.2, 0.25) is 23.6 Å². The van der Waals surface area contributed by atoms with Crippen LogP contribution < -0.4 is 32.7 Å². The van der Waals surface area contributed by atoms with E-state index in [2.05, 4.69) is 21.3 Å². The van der Waals surface area contributed by atoms with Crippen LogP contribution in [0.5, 0.6) is 0 Å². The van der Waals surface area contributed by atoms with Crippen molar-refractivity contribution in [2.24, 2.45) is 11.5 Å². The van der Waals surface area contributed by atoms with Crippen molar-refractivity contribution in [2.75, 3.05) is 19.6 Å². The Labute approximate surface area is 168 Å². The highest BCUT2D eigenvalue weighted by molar-refractivity contribution is 5.94. The quantitative estimate of drug-likeness (QED) is 0.153. The fraction of sp³-hybridized carbons (Fsp3) is 0.706. The largest absolute Gasteiger partial charge is 0.480 e. The molecule has 164 valence electrons. The fourth-order valence-electron chi connectivity index (χ4n) is 2.88. The molecule has 9 N–H and O–H groups in total. The number of unbranched alkanes of at least 4 members (excludes halogenated alkanes) is 1. The van der Waals surface area contributed by atoms with E-state index in [1.54, 1.807) is 0 Å². The maximum Gasteiger partial charge on any atom is 0.326 e. The summed E-state index contributed by atoms with van der Waals surface area (Å²) < 4.78 is 0. The van der Waals surface area contributed by atoms with Gasteiger partial charge in [-0.05, 0) is 45.2 Å². The third kappa shape index (κ3) is 9.34. The Morgan fingerprint density at radius 2 is 1.83 bits per heavy atom. The molecule has 1 fully saturated rings. The van der Waals surface area contributed by atoms with E-state index >= 15 is 0 Å². The third-order valence-corrected chi connectivity index (χ3v) is 4.42. The van der Waals surface area contributed by atoms with Gasteiger partial charge in [0, 0.05) is 0 Å². The van der Waals surface area contributed by atoms with Gasteiger partial charge in [-0.2, -0.15) is 0 Å². The number of nitrogens with one attached hydrogen (secondary N) is 4. The highest BCUT2D eigenvalue weighted by Gasteiger charge is 2.28. The van der Waals surface area contributed by atoms with Crippen LogP contribution in [0.25, 0.3) is 0 Å². The van der Waals surface area contributed by atoms with Crippen LogP contribution >= 0.6 is 0 Å². The van der Waals surface area contributed by atoms with Crippen molar-refractivity contribution in [1.82, 2.24) is 21.3 Å². The molecule has 0 aromatic carbocycles. The number of nitrogens with two attached hydrogens (primary N) is 2. The zero-order valence-corrected chi connectivity index (χ0v) is 16.2. The zero-order valence-electron chi connectivity index (χ0n) is 16.2. The Morgan fingerprint density at radius 3 is 2.38 bits per heavy atom. The van der Waals surface area contributed by atoms with Crippen LogP contribution in [0.2, 0.25) is 0 Å². The van der Waals surface area contributed by atoms with Crippen molar-refractivity contribution in [1.29, 1.82) is 0 Å². The van der Waals surface area contributed by atoms with Crippen molar-refractivity contribution in [3.63, 3.8) is 0 Å². The average molecular weight is 414 g/mol. The van der Waals surface area contributed by atoms with Crippen molar-refractivity contribution in [3.8, 4) is 0 Å². The number of carboxylic acids is 1.